The summed E-state index contributed by atoms with van der Waals surface area (Å²) in [5.74, 6) is -0.148. The molecular formula is C18H23N3O3. The van der Waals surface area contributed by atoms with Gasteiger partial charge in [-0.05, 0) is 25.0 Å². The number of carbonyl (C=O) groups is 2. The van der Waals surface area contributed by atoms with E-state index in [0.29, 0.717) is 39.0 Å². The molecule has 3 rings (SSSR count). The highest BCUT2D eigenvalue weighted by Gasteiger charge is 2.25. The molecule has 0 bridgehead atoms. The monoisotopic (exact) mass is 329 g/mol. The van der Waals surface area contributed by atoms with Crippen LogP contribution in [0, 0.1) is 0 Å². The average molecular weight is 329 g/mol. The van der Waals surface area contributed by atoms with Crippen molar-refractivity contribution in [2.75, 3.05) is 26.2 Å². The van der Waals surface area contributed by atoms with Gasteiger partial charge >= 0.3 is 0 Å². The number of aryl methyl sites for hydroxylation is 1. The maximum absolute atomic E-state index is 12.4. The number of piperazine rings is 1. The highest BCUT2D eigenvalue weighted by Crippen LogP contribution is 2.19. The normalized spacial score (nSPS) is 16.4. The van der Waals surface area contributed by atoms with Crippen molar-refractivity contribution < 1.29 is 14.7 Å². The molecule has 0 aliphatic carbocycles. The molecule has 1 aromatic heterocycles. The number of H-pyrrole nitrogens is 1. The minimum atomic E-state index is -0.978. The number of hydrogen-bond acceptors (Lipinski definition) is 3. The van der Waals surface area contributed by atoms with E-state index in [9.17, 15) is 14.7 Å². The maximum atomic E-state index is 12.4. The fourth-order valence-corrected chi connectivity index (χ4v) is 3.18. The lowest BCUT2D eigenvalue weighted by atomic mass is 10.1. The third-order valence-corrected chi connectivity index (χ3v) is 4.58. The van der Waals surface area contributed by atoms with Crippen LogP contribution >= 0.6 is 0 Å². The van der Waals surface area contributed by atoms with E-state index < -0.39 is 6.10 Å². The lowest BCUT2D eigenvalue weighted by Gasteiger charge is -2.35. The van der Waals surface area contributed by atoms with E-state index in [-0.39, 0.29) is 11.8 Å². The number of aromatic nitrogens is 1. The van der Waals surface area contributed by atoms with E-state index in [2.05, 4.69) is 11.1 Å². The van der Waals surface area contributed by atoms with Crippen LogP contribution in [0.5, 0.6) is 0 Å². The molecule has 1 aliphatic rings. The quantitative estimate of drug-likeness (QED) is 0.883. The fourth-order valence-electron chi connectivity index (χ4n) is 3.18. The Bertz CT molecular complexity index is 730. The first-order valence-electron chi connectivity index (χ1n) is 8.36. The van der Waals surface area contributed by atoms with Crippen LogP contribution in [-0.2, 0) is 16.0 Å². The van der Waals surface area contributed by atoms with Gasteiger partial charge in [0, 0.05) is 49.7 Å². The molecule has 2 amide bonds. The Hall–Kier alpha value is -2.34. The van der Waals surface area contributed by atoms with Crippen molar-refractivity contribution in [1.82, 2.24) is 14.8 Å². The zero-order chi connectivity index (χ0) is 17.1. The van der Waals surface area contributed by atoms with E-state index in [4.69, 9.17) is 0 Å². The third kappa shape index (κ3) is 3.43. The molecule has 2 heterocycles. The van der Waals surface area contributed by atoms with Gasteiger partial charge in [-0.25, -0.2) is 0 Å². The number of aliphatic hydroxyl groups is 1. The molecule has 1 fully saturated rings. The summed E-state index contributed by atoms with van der Waals surface area (Å²) in [6.07, 6.45) is 2.16. The Labute approximate surface area is 141 Å². The minimum absolute atomic E-state index is 0.115. The van der Waals surface area contributed by atoms with E-state index in [1.807, 2.05) is 24.4 Å². The van der Waals surface area contributed by atoms with E-state index >= 15 is 0 Å². The standard InChI is InChI=1S/C18H23N3O3/c1-13(22)18(24)21-10-8-20(9-11-21)17(23)7-6-14-12-19-16-5-3-2-4-15(14)16/h2-5,12-13,19,22H,6-11H2,1H3. The molecule has 0 radical (unpaired) electrons. The summed E-state index contributed by atoms with van der Waals surface area (Å²) < 4.78 is 0. The molecule has 0 saturated carbocycles. The topological polar surface area (TPSA) is 76.6 Å². The molecule has 0 spiro atoms. The first-order valence-corrected chi connectivity index (χ1v) is 8.36. The van der Waals surface area contributed by atoms with Crippen LogP contribution in [0.2, 0.25) is 0 Å². The molecule has 1 atom stereocenters. The average Bonchev–Trinajstić information content (AvgIpc) is 3.02. The number of carbonyl (C=O) groups excluding carboxylic acids is 2. The predicted octanol–water partition coefficient (Wildman–Crippen LogP) is 1.15. The number of nitrogens with one attached hydrogen (secondary N) is 1. The summed E-state index contributed by atoms with van der Waals surface area (Å²) in [7, 11) is 0. The summed E-state index contributed by atoms with van der Waals surface area (Å²) in [6, 6.07) is 8.08. The largest absolute Gasteiger partial charge is 0.384 e. The van der Waals surface area contributed by atoms with Gasteiger partial charge in [-0.15, -0.1) is 0 Å². The second-order valence-corrected chi connectivity index (χ2v) is 6.24. The van der Waals surface area contributed by atoms with Gasteiger partial charge in [0.05, 0.1) is 0 Å². The summed E-state index contributed by atoms with van der Waals surface area (Å²) in [5.41, 5.74) is 2.24. The molecule has 24 heavy (non-hydrogen) atoms. The van der Waals surface area contributed by atoms with Gasteiger partial charge in [-0.3, -0.25) is 9.59 Å². The highest BCUT2D eigenvalue weighted by molar-refractivity contribution is 5.84. The van der Waals surface area contributed by atoms with Crippen molar-refractivity contribution in [1.29, 1.82) is 0 Å². The Balaban J connectivity index is 1.52. The molecule has 1 aliphatic heterocycles. The second kappa shape index (κ2) is 7.05. The third-order valence-electron chi connectivity index (χ3n) is 4.58. The van der Waals surface area contributed by atoms with Crippen LogP contribution in [-0.4, -0.2) is 64.0 Å². The molecule has 6 nitrogen and oxygen atoms in total. The highest BCUT2D eigenvalue weighted by atomic mass is 16.3. The molecule has 2 aromatic rings. The number of para-hydroxylation sites is 1. The smallest absolute Gasteiger partial charge is 0.251 e. The number of fused-ring (bicyclic) bond motifs is 1. The van der Waals surface area contributed by atoms with Gasteiger partial charge < -0.3 is 19.9 Å². The predicted molar refractivity (Wildman–Crippen MR) is 91.5 cm³/mol. The van der Waals surface area contributed by atoms with E-state index in [1.54, 1.807) is 9.80 Å². The lowest BCUT2D eigenvalue weighted by Crippen LogP contribution is -2.52. The first-order chi connectivity index (χ1) is 11.6. The van der Waals surface area contributed by atoms with Gasteiger partial charge in [-0.1, -0.05) is 18.2 Å². The number of rotatable bonds is 4. The number of hydrogen-bond donors (Lipinski definition) is 2. The zero-order valence-corrected chi connectivity index (χ0v) is 13.9. The van der Waals surface area contributed by atoms with Gasteiger partial charge in [0.1, 0.15) is 6.10 Å². The Kier molecular flexibility index (Phi) is 4.85. The Morgan fingerprint density at radius 1 is 1.17 bits per heavy atom. The van der Waals surface area contributed by atoms with Crippen LogP contribution in [0.1, 0.15) is 18.9 Å². The molecular weight excluding hydrogens is 306 g/mol. The SMILES string of the molecule is CC(O)C(=O)N1CCN(C(=O)CCc2c[nH]c3ccccc23)CC1. The van der Waals surface area contributed by atoms with Gasteiger partial charge in [0.15, 0.2) is 0 Å². The summed E-state index contributed by atoms with van der Waals surface area (Å²) in [5, 5.41) is 10.5. The molecule has 1 aromatic carbocycles. The van der Waals surface area contributed by atoms with Crippen LogP contribution in [0.4, 0.5) is 0 Å². The molecule has 1 unspecified atom stereocenters. The van der Waals surface area contributed by atoms with Crippen molar-refractivity contribution in [3.8, 4) is 0 Å². The first kappa shape index (κ1) is 16.5. The van der Waals surface area contributed by atoms with Crippen LogP contribution in [0.25, 0.3) is 10.9 Å². The van der Waals surface area contributed by atoms with Crippen LogP contribution in [0.3, 0.4) is 0 Å². The van der Waals surface area contributed by atoms with Crippen LogP contribution in [0.15, 0.2) is 30.5 Å². The van der Waals surface area contributed by atoms with E-state index in [1.165, 1.54) is 6.92 Å². The Morgan fingerprint density at radius 2 is 1.83 bits per heavy atom. The van der Waals surface area contributed by atoms with Crippen molar-refractivity contribution in [3.05, 3.63) is 36.0 Å². The van der Waals surface area contributed by atoms with Gasteiger partial charge in [0.25, 0.3) is 5.91 Å². The summed E-state index contributed by atoms with van der Waals surface area (Å²) >= 11 is 0. The molecule has 1 saturated heterocycles. The summed E-state index contributed by atoms with van der Waals surface area (Å²) in [4.78, 5) is 30.8. The summed E-state index contributed by atoms with van der Waals surface area (Å²) in [6.45, 7) is 3.52. The van der Waals surface area contributed by atoms with Crippen molar-refractivity contribution in [2.24, 2.45) is 0 Å². The van der Waals surface area contributed by atoms with Crippen molar-refractivity contribution >= 4 is 22.7 Å². The van der Waals surface area contributed by atoms with Crippen LogP contribution < -0.4 is 0 Å². The molecule has 128 valence electrons. The maximum Gasteiger partial charge on any atom is 0.251 e. The number of nitrogens with zero attached hydrogens (tertiary/aromatic N) is 2. The second-order valence-electron chi connectivity index (χ2n) is 6.24. The minimum Gasteiger partial charge on any atom is -0.384 e. The van der Waals surface area contributed by atoms with Crippen molar-refractivity contribution in [3.63, 3.8) is 0 Å². The number of aliphatic hydroxyl groups excluding tert-OH is 1. The fraction of sp³-hybridized carbons (Fsp3) is 0.444. The zero-order valence-electron chi connectivity index (χ0n) is 13.9. The lowest BCUT2D eigenvalue weighted by molar-refractivity contribution is -0.144. The molecule has 2 N–H and O–H groups in total. The Morgan fingerprint density at radius 3 is 2.54 bits per heavy atom. The molecule has 6 heteroatoms. The number of aromatic amines is 1. The number of amides is 2. The number of benzene rings is 1. The van der Waals surface area contributed by atoms with Gasteiger partial charge in [0.2, 0.25) is 5.91 Å². The van der Waals surface area contributed by atoms with E-state index in [0.717, 1.165) is 16.5 Å². The van der Waals surface area contributed by atoms with Gasteiger partial charge in [-0.2, -0.15) is 0 Å². The van der Waals surface area contributed by atoms with Crippen molar-refractivity contribution in [2.45, 2.75) is 25.9 Å².